The Morgan fingerprint density at radius 3 is 2.94 bits per heavy atom. The maximum Gasteiger partial charge on any atom is 0.339 e. The number of nitrogens with zero attached hydrogens (tertiary/aromatic N) is 2. The summed E-state index contributed by atoms with van der Waals surface area (Å²) in [5, 5.41) is 6.64. The van der Waals surface area contributed by atoms with Crippen LogP contribution in [0.3, 0.4) is 0 Å². The van der Waals surface area contributed by atoms with Crippen molar-refractivity contribution in [3.05, 3.63) is 47.0 Å². The van der Waals surface area contributed by atoms with Crippen LogP contribution < -0.4 is 0 Å². The molecule has 5 heteroatoms. The smallest absolute Gasteiger partial charge is 0.339 e. The largest absolute Gasteiger partial charge is 0.451 e. The number of hydrogen-bond donors (Lipinski definition) is 1. The molecule has 2 aromatic rings. The van der Waals surface area contributed by atoms with Crippen molar-refractivity contribution in [3.8, 4) is 0 Å². The van der Waals surface area contributed by atoms with E-state index < -0.39 is 5.60 Å². The zero-order valence-corrected chi connectivity index (χ0v) is 10.2. The molecule has 0 saturated carbocycles. The number of ether oxygens (including phenoxy) is 1. The molecule has 1 N–H and O–H groups in total. The maximum absolute atomic E-state index is 11.7. The highest BCUT2D eigenvalue weighted by molar-refractivity contribution is 5.94. The molecule has 0 atom stereocenters. The van der Waals surface area contributed by atoms with Crippen molar-refractivity contribution in [1.82, 2.24) is 15.2 Å². The Kier molecular flexibility index (Phi) is 2.23. The first kappa shape index (κ1) is 11.0. The molecule has 1 aliphatic heterocycles. The Bertz CT molecular complexity index is 603. The lowest BCUT2D eigenvalue weighted by Crippen LogP contribution is -2.16. The van der Waals surface area contributed by atoms with Crippen LogP contribution in [0, 0.1) is 0 Å². The summed E-state index contributed by atoms with van der Waals surface area (Å²) < 4.78 is 5.33. The van der Waals surface area contributed by atoms with Crippen LogP contribution in [0.25, 0.3) is 0 Å². The SMILES string of the molecule is CC1(C)OC(=O)c2ccc(Cc3ncn[nH]3)cc21. The van der Waals surface area contributed by atoms with Gasteiger partial charge in [-0.3, -0.25) is 5.10 Å². The quantitative estimate of drug-likeness (QED) is 0.817. The third kappa shape index (κ3) is 1.68. The van der Waals surface area contributed by atoms with Gasteiger partial charge in [-0.2, -0.15) is 5.10 Å². The van der Waals surface area contributed by atoms with Crippen molar-refractivity contribution in [1.29, 1.82) is 0 Å². The van der Waals surface area contributed by atoms with E-state index >= 15 is 0 Å². The highest BCUT2D eigenvalue weighted by Crippen LogP contribution is 2.36. The molecule has 2 heterocycles. The van der Waals surface area contributed by atoms with Gasteiger partial charge in [0.05, 0.1) is 5.56 Å². The highest BCUT2D eigenvalue weighted by atomic mass is 16.6. The van der Waals surface area contributed by atoms with E-state index in [-0.39, 0.29) is 5.97 Å². The van der Waals surface area contributed by atoms with Gasteiger partial charge in [-0.05, 0) is 25.5 Å². The van der Waals surface area contributed by atoms with E-state index in [0.29, 0.717) is 12.0 Å². The number of aromatic amines is 1. The molecule has 92 valence electrons. The fourth-order valence-electron chi connectivity index (χ4n) is 2.23. The van der Waals surface area contributed by atoms with Gasteiger partial charge in [0.25, 0.3) is 0 Å². The van der Waals surface area contributed by atoms with Gasteiger partial charge in [-0.1, -0.05) is 12.1 Å². The molecule has 1 aromatic heterocycles. The number of benzene rings is 1. The van der Waals surface area contributed by atoms with E-state index in [1.54, 1.807) is 0 Å². The molecule has 1 aromatic carbocycles. The summed E-state index contributed by atoms with van der Waals surface area (Å²) in [6.07, 6.45) is 2.15. The molecule has 1 aliphatic rings. The second-order valence-electron chi connectivity index (χ2n) is 4.89. The number of H-pyrrole nitrogens is 1. The number of carbonyl (C=O) groups is 1. The lowest BCUT2D eigenvalue weighted by atomic mass is 9.93. The molecule has 18 heavy (non-hydrogen) atoms. The van der Waals surface area contributed by atoms with Crippen molar-refractivity contribution < 1.29 is 9.53 Å². The minimum Gasteiger partial charge on any atom is -0.451 e. The van der Waals surface area contributed by atoms with Gasteiger partial charge in [-0.15, -0.1) is 0 Å². The molecule has 0 amide bonds. The van der Waals surface area contributed by atoms with Crippen LogP contribution in [-0.2, 0) is 16.8 Å². The van der Waals surface area contributed by atoms with Crippen LogP contribution in [-0.4, -0.2) is 21.2 Å². The molecule has 0 unspecified atom stereocenters. The van der Waals surface area contributed by atoms with Gasteiger partial charge in [0.1, 0.15) is 17.8 Å². The van der Waals surface area contributed by atoms with Crippen molar-refractivity contribution in [2.24, 2.45) is 0 Å². The second-order valence-corrected chi connectivity index (χ2v) is 4.89. The van der Waals surface area contributed by atoms with E-state index in [9.17, 15) is 4.79 Å². The van der Waals surface area contributed by atoms with Crippen molar-refractivity contribution in [2.45, 2.75) is 25.9 Å². The molecule has 0 radical (unpaired) electrons. The average Bonchev–Trinajstić information content (AvgIpc) is 2.87. The van der Waals surface area contributed by atoms with Gasteiger partial charge < -0.3 is 4.74 Å². The topological polar surface area (TPSA) is 67.9 Å². The number of hydrogen-bond acceptors (Lipinski definition) is 4. The zero-order chi connectivity index (χ0) is 12.8. The molecule has 0 bridgehead atoms. The maximum atomic E-state index is 11.7. The number of cyclic esters (lactones) is 1. The normalized spacial score (nSPS) is 16.4. The fourth-order valence-corrected chi connectivity index (χ4v) is 2.23. The monoisotopic (exact) mass is 243 g/mol. The van der Waals surface area contributed by atoms with Crippen LogP contribution in [0.15, 0.2) is 24.5 Å². The van der Waals surface area contributed by atoms with Crippen LogP contribution >= 0.6 is 0 Å². The Morgan fingerprint density at radius 1 is 1.39 bits per heavy atom. The van der Waals surface area contributed by atoms with Gasteiger partial charge >= 0.3 is 5.97 Å². The highest BCUT2D eigenvalue weighted by Gasteiger charge is 2.37. The van der Waals surface area contributed by atoms with Crippen LogP contribution in [0.4, 0.5) is 0 Å². The summed E-state index contributed by atoms with van der Waals surface area (Å²) >= 11 is 0. The molecule has 0 saturated heterocycles. The van der Waals surface area contributed by atoms with Crippen LogP contribution in [0.2, 0.25) is 0 Å². The van der Waals surface area contributed by atoms with Gasteiger partial charge in [-0.25, -0.2) is 9.78 Å². The average molecular weight is 243 g/mol. The van der Waals surface area contributed by atoms with Crippen LogP contribution in [0.5, 0.6) is 0 Å². The predicted molar refractivity (Wildman–Crippen MR) is 64.1 cm³/mol. The predicted octanol–water partition coefficient (Wildman–Crippen LogP) is 1.80. The van der Waals surface area contributed by atoms with Gasteiger partial charge in [0.2, 0.25) is 0 Å². The second kappa shape index (κ2) is 3.66. The number of carbonyl (C=O) groups excluding carboxylic acids is 1. The Labute approximate surface area is 104 Å². The lowest BCUT2D eigenvalue weighted by molar-refractivity contribution is 0.00953. The van der Waals surface area contributed by atoms with E-state index in [0.717, 1.165) is 17.0 Å². The van der Waals surface area contributed by atoms with Gasteiger partial charge in [0.15, 0.2) is 0 Å². The van der Waals surface area contributed by atoms with Crippen LogP contribution in [0.1, 0.15) is 41.2 Å². The van der Waals surface area contributed by atoms with E-state index in [1.165, 1.54) is 6.33 Å². The molecule has 0 fully saturated rings. The first-order valence-corrected chi connectivity index (χ1v) is 5.77. The third-order valence-electron chi connectivity index (χ3n) is 3.14. The number of aromatic nitrogens is 3. The minimum absolute atomic E-state index is 0.249. The standard InChI is InChI=1S/C13H13N3O2/c1-13(2)10-5-8(6-11-14-7-15-16-11)3-4-9(10)12(17)18-13/h3-5,7H,6H2,1-2H3,(H,14,15,16). The molecule has 3 rings (SSSR count). The zero-order valence-electron chi connectivity index (χ0n) is 10.2. The molecule has 5 nitrogen and oxygen atoms in total. The summed E-state index contributed by atoms with van der Waals surface area (Å²) in [6.45, 7) is 3.80. The summed E-state index contributed by atoms with van der Waals surface area (Å²) in [5.74, 6) is 0.555. The molecular weight excluding hydrogens is 230 g/mol. The fraction of sp³-hybridized carbons (Fsp3) is 0.308. The first-order valence-electron chi connectivity index (χ1n) is 5.77. The molecule has 0 aliphatic carbocycles. The Morgan fingerprint density at radius 2 is 2.22 bits per heavy atom. The summed E-state index contributed by atoms with van der Waals surface area (Å²) in [6, 6.07) is 5.74. The van der Waals surface area contributed by atoms with Crippen molar-refractivity contribution in [2.75, 3.05) is 0 Å². The number of fused-ring (bicyclic) bond motifs is 1. The van der Waals surface area contributed by atoms with Gasteiger partial charge in [0, 0.05) is 12.0 Å². The Balaban J connectivity index is 1.99. The minimum atomic E-state index is -0.552. The number of esters is 1. The number of nitrogens with one attached hydrogen (secondary N) is 1. The van der Waals surface area contributed by atoms with E-state index in [2.05, 4.69) is 15.2 Å². The van der Waals surface area contributed by atoms with E-state index in [4.69, 9.17) is 4.74 Å². The summed E-state index contributed by atoms with van der Waals surface area (Å²) in [5.41, 5.74) is 2.12. The Hall–Kier alpha value is -2.17. The molecule has 0 spiro atoms. The first-order chi connectivity index (χ1) is 8.56. The van der Waals surface area contributed by atoms with Crippen molar-refractivity contribution >= 4 is 5.97 Å². The van der Waals surface area contributed by atoms with E-state index in [1.807, 2.05) is 32.0 Å². The molecular formula is C13H13N3O2. The van der Waals surface area contributed by atoms with Crippen molar-refractivity contribution in [3.63, 3.8) is 0 Å². The third-order valence-corrected chi connectivity index (χ3v) is 3.14. The lowest BCUT2D eigenvalue weighted by Gasteiger charge is -2.17. The number of rotatable bonds is 2. The summed E-state index contributed by atoms with van der Waals surface area (Å²) in [4.78, 5) is 15.8. The summed E-state index contributed by atoms with van der Waals surface area (Å²) in [7, 11) is 0.